The van der Waals surface area contributed by atoms with Gasteiger partial charge in [-0.2, -0.15) is 0 Å². The number of nitrogens with two attached hydrogens (primary N) is 1. The van der Waals surface area contributed by atoms with Crippen molar-refractivity contribution in [2.24, 2.45) is 5.73 Å². The maximum atomic E-state index is 10.6. The van der Waals surface area contributed by atoms with Gasteiger partial charge in [0.15, 0.2) is 0 Å². The fourth-order valence-electron chi connectivity index (χ4n) is 0.932. The van der Waals surface area contributed by atoms with Crippen LogP contribution in [0.15, 0.2) is 42.5 Å². The van der Waals surface area contributed by atoms with Gasteiger partial charge in [-0.15, -0.1) is 0 Å². The molecule has 1 rings (SSSR count). The van der Waals surface area contributed by atoms with Gasteiger partial charge in [0.05, 0.1) is 6.61 Å². The second kappa shape index (κ2) is 5.07. The highest BCUT2D eigenvalue weighted by Gasteiger charge is 2.01. The van der Waals surface area contributed by atoms with Crippen LogP contribution in [0.1, 0.15) is 6.42 Å². The molecule has 0 radical (unpaired) electrons. The van der Waals surface area contributed by atoms with E-state index in [4.69, 9.17) is 10.5 Å². The van der Waals surface area contributed by atoms with Gasteiger partial charge in [0.1, 0.15) is 5.75 Å². The van der Waals surface area contributed by atoms with E-state index in [0.717, 1.165) is 5.75 Å². The number of rotatable bonds is 5. The van der Waals surface area contributed by atoms with E-state index >= 15 is 0 Å². The highest BCUT2D eigenvalue weighted by atomic mass is 16.5. The minimum atomic E-state index is -0.471. The van der Waals surface area contributed by atoms with Crippen molar-refractivity contribution in [3.8, 4) is 5.75 Å². The van der Waals surface area contributed by atoms with E-state index in [2.05, 4.69) is 6.58 Å². The van der Waals surface area contributed by atoms with Crippen molar-refractivity contribution in [3.05, 3.63) is 42.5 Å². The van der Waals surface area contributed by atoms with Crippen LogP contribution in [0.4, 0.5) is 0 Å². The topological polar surface area (TPSA) is 52.3 Å². The Kier molecular flexibility index (Phi) is 3.73. The fourth-order valence-corrected chi connectivity index (χ4v) is 0.932. The van der Waals surface area contributed by atoms with E-state index in [1.165, 1.54) is 0 Å². The van der Waals surface area contributed by atoms with Crippen LogP contribution in [0.25, 0.3) is 0 Å². The summed E-state index contributed by atoms with van der Waals surface area (Å²) >= 11 is 0. The van der Waals surface area contributed by atoms with E-state index in [9.17, 15) is 4.79 Å². The van der Waals surface area contributed by atoms with Crippen LogP contribution in [0.2, 0.25) is 0 Å². The van der Waals surface area contributed by atoms with E-state index in [1.54, 1.807) is 0 Å². The van der Waals surface area contributed by atoms with Crippen LogP contribution in [0.5, 0.6) is 5.75 Å². The lowest BCUT2D eigenvalue weighted by Crippen LogP contribution is -2.15. The molecule has 2 N–H and O–H groups in total. The van der Waals surface area contributed by atoms with Crippen LogP contribution < -0.4 is 10.5 Å². The van der Waals surface area contributed by atoms with Crippen LogP contribution >= 0.6 is 0 Å². The van der Waals surface area contributed by atoms with Crippen LogP contribution in [-0.4, -0.2) is 12.5 Å². The fraction of sp³-hybridized carbons (Fsp3) is 0.182. The van der Waals surface area contributed by atoms with Crippen LogP contribution in [0.3, 0.4) is 0 Å². The number of amides is 1. The Morgan fingerprint density at radius 2 is 2.00 bits per heavy atom. The molecule has 0 aliphatic rings. The summed E-state index contributed by atoms with van der Waals surface area (Å²) in [7, 11) is 0. The first-order valence-electron chi connectivity index (χ1n) is 4.35. The predicted molar refractivity (Wildman–Crippen MR) is 54.9 cm³/mol. The molecule has 74 valence electrons. The zero-order valence-electron chi connectivity index (χ0n) is 7.90. The highest BCUT2D eigenvalue weighted by Crippen LogP contribution is 2.09. The number of benzene rings is 1. The minimum absolute atomic E-state index is 0.390. The van der Waals surface area contributed by atoms with Gasteiger partial charge >= 0.3 is 0 Å². The number of carbonyl (C=O) groups is 1. The monoisotopic (exact) mass is 191 g/mol. The average Bonchev–Trinajstić information content (AvgIpc) is 2.19. The van der Waals surface area contributed by atoms with Gasteiger partial charge in [0.2, 0.25) is 5.91 Å². The molecule has 3 heteroatoms. The zero-order chi connectivity index (χ0) is 10.4. The third-order valence-corrected chi connectivity index (χ3v) is 1.76. The van der Waals surface area contributed by atoms with E-state index in [0.29, 0.717) is 18.6 Å². The molecule has 14 heavy (non-hydrogen) atoms. The SMILES string of the molecule is C=C(CCOc1ccccc1)C(N)=O. The first-order chi connectivity index (χ1) is 6.70. The molecule has 0 saturated heterocycles. The van der Waals surface area contributed by atoms with E-state index in [-0.39, 0.29) is 0 Å². The molecule has 0 unspecified atom stereocenters. The Morgan fingerprint density at radius 1 is 1.36 bits per heavy atom. The third-order valence-electron chi connectivity index (χ3n) is 1.76. The summed E-state index contributed by atoms with van der Waals surface area (Å²) in [6.45, 7) is 3.95. The number of primary amides is 1. The Morgan fingerprint density at radius 3 is 2.57 bits per heavy atom. The molecule has 0 fully saturated rings. The van der Waals surface area contributed by atoms with Crippen molar-refractivity contribution in [1.82, 2.24) is 0 Å². The van der Waals surface area contributed by atoms with Crippen molar-refractivity contribution in [2.45, 2.75) is 6.42 Å². The zero-order valence-corrected chi connectivity index (χ0v) is 7.90. The Bertz CT molecular complexity index is 319. The average molecular weight is 191 g/mol. The quantitative estimate of drug-likeness (QED) is 0.717. The number of carbonyl (C=O) groups excluding carboxylic acids is 1. The lowest BCUT2D eigenvalue weighted by molar-refractivity contribution is -0.114. The number of para-hydroxylation sites is 1. The smallest absolute Gasteiger partial charge is 0.244 e. The standard InChI is InChI=1S/C11H13NO2/c1-9(11(12)13)7-8-14-10-5-3-2-4-6-10/h2-6H,1,7-8H2,(H2,12,13). The molecular formula is C11H13NO2. The second-order valence-electron chi connectivity index (χ2n) is 2.88. The molecule has 0 bridgehead atoms. The summed E-state index contributed by atoms with van der Waals surface area (Å²) in [6, 6.07) is 9.39. The van der Waals surface area contributed by atoms with Crippen molar-refractivity contribution < 1.29 is 9.53 Å². The highest BCUT2D eigenvalue weighted by molar-refractivity contribution is 5.91. The molecular weight excluding hydrogens is 178 g/mol. The normalized spacial score (nSPS) is 9.43. The summed E-state index contributed by atoms with van der Waals surface area (Å²) in [4.78, 5) is 10.6. The molecule has 1 aromatic carbocycles. The lowest BCUT2D eigenvalue weighted by atomic mass is 10.2. The van der Waals surface area contributed by atoms with Crippen molar-refractivity contribution in [3.63, 3.8) is 0 Å². The van der Waals surface area contributed by atoms with Crippen LogP contribution in [0, 0.1) is 0 Å². The Hall–Kier alpha value is -1.77. The van der Waals surface area contributed by atoms with Gasteiger partial charge in [-0.1, -0.05) is 24.8 Å². The summed E-state index contributed by atoms with van der Waals surface area (Å²) in [5.74, 6) is 0.312. The molecule has 3 nitrogen and oxygen atoms in total. The summed E-state index contributed by atoms with van der Waals surface area (Å²) in [6.07, 6.45) is 0.463. The Balaban J connectivity index is 2.29. The maximum Gasteiger partial charge on any atom is 0.244 e. The lowest BCUT2D eigenvalue weighted by Gasteiger charge is -2.05. The third kappa shape index (κ3) is 3.31. The van der Waals surface area contributed by atoms with Gasteiger partial charge < -0.3 is 10.5 Å². The minimum Gasteiger partial charge on any atom is -0.493 e. The predicted octanol–water partition coefficient (Wildman–Crippen LogP) is 1.50. The molecule has 1 aromatic rings. The van der Waals surface area contributed by atoms with Crippen molar-refractivity contribution >= 4 is 5.91 Å². The molecule has 0 aliphatic heterocycles. The largest absolute Gasteiger partial charge is 0.493 e. The second-order valence-corrected chi connectivity index (χ2v) is 2.88. The molecule has 0 atom stereocenters. The number of hydrogen-bond donors (Lipinski definition) is 1. The molecule has 0 aromatic heterocycles. The first-order valence-corrected chi connectivity index (χ1v) is 4.35. The van der Waals surface area contributed by atoms with E-state index in [1.807, 2.05) is 30.3 Å². The van der Waals surface area contributed by atoms with Crippen molar-refractivity contribution in [2.75, 3.05) is 6.61 Å². The van der Waals surface area contributed by atoms with Crippen molar-refractivity contribution in [1.29, 1.82) is 0 Å². The van der Waals surface area contributed by atoms with E-state index < -0.39 is 5.91 Å². The summed E-state index contributed by atoms with van der Waals surface area (Å²) < 4.78 is 5.36. The van der Waals surface area contributed by atoms with Crippen LogP contribution in [-0.2, 0) is 4.79 Å². The molecule has 1 amide bonds. The van der Waals surface area contributed by atoms with Gasteiger partial charge in [0.25, 0.3) is 0 Å². The summed E-state index contributed by atoms with van der Waals surface area (Å²) in [5.41, 5.74) is 5.41. The van der Waals surface area contributed by atoms with Gasteiger partial charge in [-0.3, -0.25) is 4.79 Å². The molecule has 0 spiro atoms. The van der Waals surface area contributed by atoms with Gasteiger partial charge in [-0.05, 0) is 12.1 Å². The molecule has 0 saturated carbocycles. The number of ether oxygens (including phenoxy) is 1. The molecule has 0 aliphatic carbocycles. The maximum absolute atomic E-state index is 10.6. The van der Waals surface area contributed by atoms with Gasteiger partial charge in [0, 0.05) is 12.0 Å². The number of hydrogen-bond acceptors (Lipinski definition) is 2. The van der Waals surface area contributed by atoms with Gasteiger partial charge in [-0.25, -0.2) is 0 Å². The molecule has 0 heterocycles. The first kappa shape index (κ1) is 10.3. The summed E-state index contributed by atoms with van der Waals surface area (Å²) in [5, 5.41) is 0. The Labute approximate surface area is 83.2 Å².